The van der Waals surface area contributed by atoms with Crippen LogP contribution in [0, 0.1) is 11.6 Å². The van der Waals surface area contributed by atoms with E-state index < -0.39 is 11.6 Å². The van der Waals surface area contributed by atoms with Crippen LogP contribution in [0.25, 0.3) is 11.3 Å². The standard InChI is InChI=1S/C15H13F2N/c16-12-5-6-13(14(17)8-12)15-7-10-3-1-2-4-11(10)9-18-15/h5-9H,1-4H2. The van der Waals surface area contributed by atoms with Crippen molar-refractivity contribution in [3.8, 4) is 11.3 Å². The third-order valence-corrected chi connectivity index (χ3v) is 3.43. The van der Waals surface area contributed by atoms with Crippen molar-refractivity contribution in [3.05, 3.63) is 53.2 Å². The lowest BCUT2D eigenvalue weighted by Crippen LogP contribution is -2.04. The summed E-state index contributed by atoms with van der Waals surface area (Å²) in [7, 11) is 0. The Morgan fingerprint density at radius 3 is 2.50 bits per heavy atom. The van der Waals surface area contributed by atoms with Crippen molar-refractivity contribution in [2.24, 2.45) is 0 Å². The molecule has 2 aromatic rings. The lowest BCUT2D eigenvalue weighted by atomic mass is 9.92. The summed E-state index contributed by atoms with van der Waals surface area (Å²) < 4.78 is 26.6. The maximum atomic E-state index is 13.7. The summed E-state index contributed by atoms with van der Waals surface area (Å²) in [6.07, 6.45) is 6.26. The van der Waals surface area contributed by atoms with Crippen LogP contribution in [0.15, 0.2) is 30.5 Å². The van der Waals surface area contributed by atoms with Gasteiger partial charge in [0.25, 0.3) is 0 Å². The van der Waals surface area contributed by atoms with Gasteiger partial charge >= 0.3 is 0 Å². The summed E-state index contributed by atoms with van der Waals surface area (Å²) in [5, 5.41) is 0. The second-order valence-electron chi connectivity index (χ2n) is 4.67. The smallest absolute Gasteiger partial charge is 0.135 e. The largest absolute Gasteiger partial charge is 0.256 e. The van der Waals surface area contributed by atoms with Crippen molar-refractivity contribution >= 4 is 0 Å². The van der Waals surface area contributed by atoms with E-state index >= 15 is 0 Å². The van der Waals surface area contributed by atoms with Crippen LogP contribution < -0.4 is 0 Å². The first-order valence-electron chi connectivity index (χ1n) is 6.17. The molecular weight excluding hydrogens is 232 g/mol. The molecular formula is C15H13F2N. The lowest BCUT2D eigenvalue weighted by Gasteiger charge is -2.16. The van der Waals surface area contributed by atoms with Gasteiger partial charge < -0.3 is 0 Å². The van der Waals surface area contributed by atoms with E-state index in [1.165, 1.54) is 36.1 Å². The molecule has 0 N–H and O–H groups in total. The Morgan fingerprint density at radius 1 is 0.944 bits per heavy atom. The summed E-state index contributed by atoms with van der Waals surface area (Å²) in [6, 6.07) is 5.54. The summed E-state index contributed by atoms with van der Waals surface area (Å²) >= 11 is 0. The molecule has 1 aliphatic rings. The minimum absolute atomic E-state index is 0.366. The molecule has 1 aromatic carbocycles. The summed E-state index contributed by atoms with van der Waals surface area (Å²) in [5.41, 5.74) is 3.46. The van der Waals surface area contributed by atoms with Crippen molar-refractivity contribution in [2.75, 3.05) is 0 Å². The van der Waals surface area contributed by atoms with E-state index in [1.54, 1.807) is 0 Å². The first-order valence-corrected chi connectivity index (χ1v) is 6.17. The van der Waals surface area contributed by atoms with Gasteiger partial charge in [-0.2, -0.15) is 0 Å². The molecule has 1 heterocycles. The molecule has 18 heavy (non-hydrogen) atoms. The molecule has 0 aliphatic heterocycles. The van der Waals surface area contributed by atoms with E-state index in [0.29, 0.717) is 11.3 Å². The number of fused-ring (bicyclic) bond motifs is 1. The number of aromatic nitrogens is 1. The number of nitrogens with zero attached hydrogens (tertiary/aromatic N) is 1. The fourth-order valence-electron chi connectivity index (χ4n) is 2.46. The Morgan fingerprint density at radius 2 is 1.72 bits per heavy atom. The molecule has 3 rings (SSSR count). The summed E-state index contributed by atoms with van der Waals surface area (Å²) in [5.74, 6) is -1.12. The van der Waals surface area contributed by atoms with Crippen molar-refractivity contribution in [2.45, 2.75) is 25.7 Å². The van der Waals surface area contributed by atoms with Crippen LogP contribution >= 0.6 is 0 Å². The zero-order valence-corrected chi connectivity index (χ0v) is 9.92. The average Bonchev–Trinajstić information content (AvgIpc) is 2.38. The van der Waals surface area contributed by atoms with Gasteiger partial charge in [-0.15, -0.1) is 0 Å². The van der Waals surface area contributed by atoms with Crippen LogP contribution in [-0.2, 0) is 12.8 Å². The lowest BCUT2D eigenvalue weighted by molar-refractivity contribution is 0.585. The average molecular weight is 245 g/mol. The first kappa shape index (κ1) is 11.3. The second kappa shape index (κ2) is 4.48. The predicted molar refractivity (Wildman–Crippen MR) is 66.2 cm³/mol. The summed E-state index contributed by atoms with van der Waals surface area (Å²) in [6.45, 7) is 0. The number of rotatable bonds is 1. The monoisotopic (exact) mass is 245 g/mol. The van der Waals surface area contributed by atoms with Crippen LogP contribution in [-0.4, -0.2) is 4.98 Å². The topological polar surface area (TPSA) is 12.9 Å². The predicted octanol–water partition coefficient (Wildman–Crippen LogP) is 3.91. The maximum Gasteiger partial charge on any atom is 0.135 e. The van der Waals surface area contributed by atoms with Crippen molar-refractivity contribution in [3.63, 3.8) is 0 Å². The minimum Gasteiger partial charge on any atom is -0.256 e. The van der Waals surface area contributed by atoms with E-state index in [4.69, 9.17) is 0 Å². The van der Waals surface area contributed by atoms with E-state index in [-0.39, 0.29) is 0 Å². The van der Waals surface area contributed by atoms with Gasteiger partial charge in [0.05, 0.1) is 5.69 Å². The Balaban J connectivity index is 2.06. The van der Waals surface area contributed by atoms with Crippen LogP contribution in [0.4, 0.5) is 8.78 Å². The van der Waals surface area contributed by atoms with E-state index in [9.17, 15) is 8.78 Å². The van der Waals surface area contributed by atoms with E-state index in [0.717, 1.165) is 18.9 Å². The maximum absolute atomic E-state index is 13.7. The zero-order valence-electron chi connectivity index (χ0n) is 9.92. The van der Waals surface area contributed by atoms with Gasteiger partial charge in [-0.05, 0) is 55.0 Å². The fourth-order valence-corrected chi connectivity index (χ4v) is 2.46. The molecule has 0 bridgehead atoms. The number of halogens is 2. The second-order valence-corrected chi connectivity index (χ2v) is 4.67. The van der Waals surface area contributed by atoms with Crippen LogP contribution in [0.5, 0.6) is 0 Å². The summed E-state index contributed by atoms with van der Waals surface area (Å²) in [4.78, 5) is 4.29. The van der Waals surface area contributed by atoms with Crippen molar-refractivity contribution < 1.29 is 8.78 Å². The number of hydrogen-bond donors (Lipinski definition) is 0. The normalized spacial score (nSPS) is 14.3. The van der Waals surface area contributed by atoms with Crippen LogP contribution in [0.2, 0.25) is 0 Å². The van der Waals surface area contributed by atoms with Gasteiger partial charge in [0.2, 0.25) is 0 Å². The Hall–Kier alpha value is -1.77. The van der Waals surface area contributed by atoms with Crippen molar-refractivity contribution in [1.29, 1.82) is 0 Å². The van der Waals surface area contributed by atoms with E-state index in [2.05, 4.69) is 4.98 Å². The van der Waals surface area contributed by atoms with Gasteiger partial charge in [0, 0.05) is 17.8 Å². The third-order valence-electron chi connectivity index (χ3n) is 3.43. The molecule has 0 saturated heterocycles. The highest BCUT2D eigenvalue weighted by atomic mass is 19.1. The van der Waals surface area contributed by atoms with Gasteiger partial charge in [-0.3, -0.25) is 4.98 Å². The molecule has 0 saturated carbocycles. The van der Waals surface area contributed by atoms with Gasteiger partial charge in [0.1, 0.15) is 11.6 Å². The Kier molecular flexibility index (Phi) is 2.82. The molecule has 1 aromatic heterocycles. The fraction of sp³-hybridized carbons (Fsp3) is 0.267. The van der Waals surface area contributed by atoms with Gasteiger partial charge in [-0.25, -0.2) is 8.78 Å². The highest BCUT2D eigenvalue weighted by Crippen LogP contribution is 2.27. The van der Waals surface area contributed by atoms with Gasteiger partial charge in [-0.1, -0.05) is 0 Å². The van der Waals surface area contributed by atoms with Crippen LogP contribution in [0.3, 0.4) is 0 Å². The molecule has 0 atom stereocenters. The first-order chi connectivity index (χ1) is 8.74. The number of aryl methyl sites for hydroxylation is 2. The number of hydrogen-bond acceptors (Lipinski definition) is 1. The number of pyridine rings is 1. The Labute approximate surface area is 104 Å². The van der Waals surface area contributed by atoms with E-state index in [1.807, 2.05) is 12.3 Å². The van der Waals surface area contributed by atoms with Crippen molar-refractivity contribution in [1.82, 2.24) is 4.98 Å². The zero-order chi connectivity index (χ0) is 12.5. The van der Waals surface area contributed by atoms with Gasteiger partial charge in [0.15, 0.2) is 0 Å². The molecule has 0 spiro atoms. The third kappa shape index (κ3) is 2.01. The molecule has 0 unspecified atom stereocenters. The minimum atomic E-state index is -0.561. The molecule has 1 aliphatic carbocycles. The highest BCUT2D eigenvalue weighted by Gasteiger charge is 2.13. The highest BCUT2D eigenvalue weighted by molar-refractivity contribution is 5.61. The molecule has 92 valence electrons. The van der Waals surface area contributed by atoms with Crippen LogP contribution in [0.1, 0.15) is 24.0 Å². The SMILES string of the molecule is Fc1ccc(-c2cc3c(cn2)CCCC3)c(F)c1. The number of benzene rings is 1. The molecule has 3 heteroatoms. The molecule has 0 radical (unpaired) electrons. The molecule has 0 amide bonds. The molecule has 0 fully saturated rings. The molecule has 1 nitrogen and oxygen atoms in total. The Bertz CT molecular complexity index is 593. The quantitative estimate of drug-likeness (QED) is 0.742.